The van der Waals surface area contributed by atoms with Crippen molar-refractivity contribution in [1.29, 1.82) is 0 Å². The zero-order valence-electron chi connectivity index (χ0n) is 11.0. The molecule has 2 bridgehead atoms. The van der Waals surface area contributed by atoms with Crippen LogP contribution in [0.3, 0.4) is 0 Å². The van der Waals surface area contributed by atoms with Crippen LogP contribution in [0.5, 0.6) is 0 Å². The molecule has 2 saturated heterocycles. The minimum absolute atomic E-state index is 0.350. The van der Waals surface area contributed by atoms with Crippen LogP contribution in [0.25, 0.3) is 5.78 Å². The maximum atomic E-state index is 6.14. The monoisotopic (exact) mass is 258 g/mol. The lowest BCUT2D eigenvalue weighted by Gasteiger charge is -2.39. The maximum Gasteiger partial charge on any atom is 0.254 e. The minimum atomic E-state index is 0.350. The molecule has 2 unspecified atom stereocenters. The van der Waals surface area contributed by atoms with Crippen molar-refractivity contribution in [2.75, 3.05) is 4.90 Å². The molecule has 19 heavy (non-hydrogen) atoms. The lowest BCUT2D eigenvalue weighted by molar-refractivity contribution is 0.410. The molecule has 2 aliphatic rings. The fraction of sp³-hybridized carbons (Fsp3) is 0.615. The Morgan fingerprint density at radius 1 is 1.26 bits per heavy atom. The Balaban J connectivity index is 1.84. The Morgan fingerprint density at radius 3 is 2.74 bits per heavy atom. The second-order valence-electron chi connectivity index (χ2n) is 5.75. The van der Waals surface area contributed by atoms with Crippen molar-refractivity contribution in [2.45, 2.75) is 50.7 Å². The number of aromatic nitrogens is 4. The van der Waals surface area contributed by atoms with Gasteiger partial charge in [-0.05, 0) is 32.6 Å². The highest BCUT2D eigenvalue weighted by atomic mass is 15.4. The number of hydrogen-bond acceptors (Lipinski definition) is 5. The van der Waals surface area contributed by atoms with Crippen LogP contribution >= 0.6 is 0 Å². The number of piperidine rings is 1. The van der Waals surface area contributed by atoms with Crippen molar-refractivity contribution in [3.8, 4) is 0 Å². The Hall–Kier alpha value is -1.69. The van der Waals surface area contributed by atoms with Crippen LogP contribution in [0.2, 0.25) is 0 Å². The number of aryl methyl sites for hydroxylation is 1. The summed E-state index contributed by atoms with van der Waals surface area (Å²) in [4.78, 5) is 11.1. The summed E-state index contributed by atoms with van der Waals surface area (Å²) >= 11 is 0. The van der Waals surface area contributed by atoms with E-state index in [2.05, 4.69) is 26.0 Å². The summed E-state index contributed by atoms with van der Waals surface area (Å²) < 4.78 is 1.86. The Morgan fingerprint density at radius 2 is 2.00 bits per heavy atom. The largest absolute Gasteiger partial charge is 0.350 e. The molecule has 2 atom stereocenters. The van der Waals surface area contributed by atoms with Crippen LogP contribution in [0.15, 0.2) is 12.4 Å². The molecule has 0 radical (unpaired) electrons. The van der Waals surface area contributed by atoms with Crippen LogP contribution in [-0.2, 0) is 0 Å². The van der Waals surface area contributed by atoms with Crippen LogP contribution in [0.4, 0.5) is 5.82 Å². The van der Waals surface area contributed by atoms with Gasteiger partial charge in [-0.25, -0.2) is 4.98 Å². The van der Waals surface area contributed by atoms with Gasteiger partial charge in [-0.1, -0.05) is 0 Å². The molecule has 0 spiro atoms. The quantitative estimate of drug-likeness (QED) is 0.822. The number of hydrogen-bond donors (Lipinski definition) is 1. The van der Waals surface area contributed by atoms with Crippen molar-refractivity contribution < 1.29 is 0 Å². The zero-order valence-corrected chi connectivity index (χ0v) is 11.0. The summed E-state index contributed by atoms with van der Waals surface area (Å²) in [6.07, 6.45) is 6.19. The second kappa shape index (κ2) is 3.90. The highest BCUT2D eigenvalue weighted by Crippen LogP contribution is 2.38. The number of nitrogens with zero attached hydrogens (tertiary/aromatic N) is 5. The molecule has 0 saturated carbocycles. The van der Waals surface area contributed by atoms with Crippen LogP contribution < -0.4 is 10.6 Å². The fourth-order valence-corrected chi connectivity index (χ4v) is 3.69. The Labute approximate surface area is 111 Å². The van der Waals surface area contributed by atoms with E-state index >= 15 is 0 Å². The molecule has 0 aliphatic carbocycles. The summed E-state index contributed by atoms with van der Waals surface area (Å²) in [5.74, 6) is 1.81. The molecule has 6 heteroatoms. The third-order valence-corrected chi connectivity index (χ3v) is 4.40. The summed E-state index contributed by atoms with van der Waals surface area (Å²) in [5.41, 5.74) is 7.14. The third-order valence-electron chi connectivity index (χ3n) is 4.40. The van der Waals surface area contributed by atoms with Gasteiger partial charge in [0, 0.05) is 29.9 Å². The van der Waals surface area contributed by atoms with Crippen molar-refractivity contribution in [1.82, 2.24) is 19.6 Å². The average Bonchev–Trinajstić information content (AvgIpc) is 2.92. The van der Waals surface area contributed by atoms with Gasteiger partial charge in [0.2, 0.25) is 0 Å². The van der Waals surface area contributed by atoms with E-state index in [1.807, 2.05) is 11.4 Å². The third kappa shape index (κ3) is 1.63. The lowest BCUT2D eigenvalue weighted by atomic mass is 9.98. The summed E-state index contributed by atoms with van der Waals surface area (Å²) in [6.45, 7) is 2.01. The van der Waals surface area contributed by atoms with E-state index in [1.165, 1.54) is 12.8 Å². The molecule has 4 heterocycles. The first-order valence-electron chi connectivity index (χ1n) is 6.93. The molecule has 100 valence electrons. The molecule has 2 N–H and O–H groups in total. The van der Waals surface area contributed by atoms with Crippen LogP contribution in [-0.4, -0.2) is 37.7 Å². The SMILES string of the molecule is Cc1cc(N2C3CCC2CC(N)C3)n2ncnc2n1. The highest BCUT2D eigenvalue weighted by Gasteiger charge is 2.40. The maximum absolute atomic E-state index is 6.14. The smallest absolute Gasteiger partial charge is 0.254 e. The Bertz CT molecular complexity index is 607. The molecule has 2 aromatic rings. The first kappa shape index (κ1) is 11.2. The summed E-state index contributed by atoms with van der Waals surface area (Å²) in [5, 5.41) is 4.32. The minimum Gasteiger partial charge on any atom is -0.350 e. The van der Waals surface area contributed by atoms with Gasteiger partial charge in [-0.2, -0.15) is 14.6 Å². The molecule has 2 aliphatic heterocycles. The second-order valence-corrected chi connectivity index (χ2v) is 5.75. The van der Waals surface area contributed by atoms with E-state index in [0.29, 0.717) is 23.9 Å². The molecule has 6 nitrogen and oxygen atoms in total. The van der Waals surface area contributed by atoms with Gasteiger partial charge in [0.1, 0.15) is 12.1 Å². The van der Waals surface area contributed by atoms with E-state index in [0.717, 1.165) is 24.4 Å². The van der Waals surface area contributed by atoms with E-state index in [1.54, 1.807) is 6.33 Å². The van der Waals surface area contributed by atoms with Crippen molar-refractivity contribution in [3.05, 3.63) is 18.1 Å². The molecule has 0 aromatic carbocycles. The molecular weight excluding hydrogens is 240 g/mol. The Kier molecular flexibility index (Phi) is 2.29. The van der Waals surface area contributed by atoms with Gasteiger partial charge >= 0.3 is 0 Å². The predicted molar refractivity (Wildman–Crippen MR) is 72.0 cm³/mol. The van der Waals surface area contributed by atoms with Crippen LogP contribution in [0, 0.1) is 6.92 Å². The first-order chi connectivity index (χ1) is 9.22. The standard InChI is InChI=1S/C13H18N6/c1-8-4-12(19-13(17-8)15-7-16-19)18-10-2-3-11(18)6-9(14)5-10/h4,7,9-11H,2-3,5-6,14H2,1H3. The number of fused-ring (bicyclic) bond motifs is 3. The number of anilines is 1. The average molecular weight is 258 g/mol. The molecule has 4 rings (SSSR count). The van der Waals surface area contributed by atoms with E-state index in [4.69, 9.17) is 5.73 Å². The van der Waals surface area contributed by atoms with Gasteiger partial charge in [0.15, 0.2) is 0 Å². The summed E-state index contributed by atoms with van der Waals surface area (Å²) in [6, 6.07) is 3.55. The predicted octanol–water partition coefficient (Wildman–Crippen LogP) is 0.891. The van der Waals surface area contributed by atoms with Crippen molar-refractivity contribution in [3.63, 3.8) is 0 Å². The number of nitrogens with two attached hydrogens (primary N) is 1. The molecule has 2 aromatic heterocycles. The topological polar surface area (TPSA) is 72.3 Å². The van der Waals surface area contributed by atoms with Crippen LogP contribution in [0.1, 0.15) is 31.4 Å². The normalized spacial score (nSPS) is 30.2. The lowest BCUT2D eigenvalue weighted by Crippen LogP contribution is -2.48. The summed E-state index contributed by atoms with van der Waals surface area (Å²) in [7, 11) is 0. The van der Waals surface area contributed by atoms with Gasteiger partial charge in [-0.3, -0.25) is 0 Å². The van der Waals surface area contributed by atoms with Gasteiger partial charge in [0.25, 0.3) is 5.78 Å². The van der Waals surface area contributed by atoms with E-state index in [-0.39, 0.29) is 0 Å². The fourth-order valence-electron chi connectivity index (χ4n) is 3.69. The molecular formula is C13H18N6. The van der Waals surface area contributed by atoms with E-state index in [9.17, 15) is 0 Å². The zero-order chi connectivity index (χ0) is 13.0. The van der Waals surface area contributed by atoms with Crippen molar-refractivity contribution in [2.24, 2.45) is 5.73 Å². The first-order valence-corrected chi connectivity index (χ1v) is 6.93. The molecule has 0 amide bonds. The van der Waals surface area contributed by atoms with E-state index < -0.39 is 0 Å². The van der Waals surface area contributed by atoms with Gasteiger partial charge in [-0.15, -0.1) is 0 Å². The van der Waals surface area contributed by atoms with Crippen molar-refractivity contribution >= 4 is 11.6 Å². The van der Waals surface area contributed by atoms with Gasteiger partial charge < -0.3 is 10.6 Å². The van der Waals surface area contributed by atoms with Gasteiger partial charge in [0.05, 0.1) is 0 Å². The highest BCUT2D eigenvalue weighted by molar-refractivity contribution is 5.50. The molecule has 2 fully saturated rings. The number of rotatable bonds is 1.